The smallest absolute Gasteiger partial charge is 0.251 e. The number of nitrogens with two attached hydrogens (primary N) is 1. The molecule has 4 nitrogen and oxygen atoms in total. The van der Waals surface area contributed by atoms with Crippen LogP contribution in [0, 0.1) is 0 Å². The first kappa shape index (κ1) is 9.99. The topological polar surface area (TPSA) is 55.7 Å². The number of ketones is 2. The first-order valence-electron chi connectivity index (χ1n) is 5.12. The van der Waals surface area contributed by atoms with Crippen LogP contribution in [-0.2, 0) is 18.3 Å². The number of hydrogen-bond donors (Lipinski definition) is 1. The van der Waals surface area contributed by atoms with Crippen molar-refractivity contribution in [2.24, 2.45) is 7.05 Å². The monoisotopic (exact) mass is 281 g/mol. The van der Waals surface area contributed by atoms with Gasteiger partial charge in [-0.1, -0.05) is 0 Å². The number of aryl methyl sites for hydroxylation is 1. The van der Waals surface area contributed by atoms with Gasteiger partial charge in [0, 0.05) is 19.7 Å². The maximum atomic E-state index is 11.9. The molecule has 2 heterocycles. The lowest BCUT2D eigenvalue weighted by molar-refractivity contribution is -0.565. The van der Waals surface area contributed by atoms with Crippen LogP contribution in [0.5, 0.6) is 0 Å². The zero-order valence-electron chi connectivity index (χ0n) is 8.71. The van der Waals surface area contributed by atoms with E-state index in [0.717, 1.165) is 29.8 Å². The van der Waals surface area contributed by atoms with Gasteiger partial charge in [-0.3, -0.25) is 9.59 Å². The van der Waals surface area contributed by atoms with Crippen LogP contribution in [0.2, 0.25) is 0 Å². The number of carbonyl (C=O) groups excluding carboxylic acids is 2. The van der Waals surface area contributed by atoms with Crippen LogP contribution in [0.1, 0.15) is 21.6 Å². The third-order valence-electron chi connectivity index (χ3n) is 3.15. The van der Waals surface area contributed by atoms with Gasteiger partial charge >= 0.3 is 0 Å². The molecule has 5 heteroatoms. The van der Waals surface area contributed by atoms with E-state index in [9.17, 15) is 9.59 Å². The second-order valence-corrected chi connectivity index (χ2v) is 4.91. The molecule has 1 aromatic heterocycles. The number of allylic oxidation sites excluding steroid dienone is 1. The molecule has 1 aromatic rings. The molecule has 0 atom stereocenters. The fourth-order valence-corrected chi connectivity index (χ4v) is 3.00. The Kier molecular flexibility index (Phi) is 1.96. The quantitative estimate of drug-likeness (QED) is 0.680. The van der Waals surface area contributed by atoms with E-state index < -0.39 is 11.6 Å². The summed E-state index contributed by atoms with van der Waals surface area (Å²) < 4.78 is 2.18. The molecule has 0 fully saturated rings. The highest BCUT2D eigenvalue weighted by atomic mass is 79.9. The molecule has 2 N–H and O–H groups in total. The molecule has 0 bridgehead atoms. The van der Waals surface area contributed by atoms with Crippen molar-refractivity contribution in [3.05, 3.63) is 27.5 Å². The summed E-state index contributed by atoms with van der Waals surface area (Å²) in [6.07, 6.45) is 2.89. The Morgan fingerprint density at radius 1 is 1.38 bits per heavy atom. The normalized spacial score (nSPS) is 19.1. The first-order chi connectivity index (χ1) is 7.61. The van der Waals surface area contributed by atoms with Gasteiger partial charge in [-0.05, 0) is 21.5 Å². The van der Waals surface area contributed by atoms with Crippen LogP contribution in [0.4, 0.5) is 0 Å². The maximum absolute atomic E-state index is 11.9. The average molecular weight is 282 g/mol. The number of carbonyl (C=O) groups is 2. The lowest BCUT2D eigenvalue weighted by Crippen LogP contribution is -2.83. The molecule has 0 radical (unpaired) electrons. The predicted molar refractivity (Wildman–Crippen MR) is 61.1 cm³/mol. The van der Waals surface area contributed by atoms with Crippen molar-refractivity contribution in [1.29, 1.82) is 0 Å². The van der Waals surface area contributed by atoms with Crippen LogP contribution in [0.15, 0.2) is 10.7 Å². The van der Waals surface area contributed by atoms with E-state index in [0.29, 0.717) is 10.2 Å². The Bertz CT molecular complexity index is 569. The van der Waals surface area contributed by atoms with Gasteiger partial charge < -0.3 is 9.88 Å². The van der Waals surface area contributed by atoms with E-state index in [1.165, 1.54) is 0 Å². The molecule has 16 heavy (non-hydrogen) atoms. The van der Waals surface area contributed by atoms with Gasteiger partial charge in [0.25, 0.3) is 5.78 Å². The zero-order chi connectivity index (χ0) is 11.4. The molecule has 0 saturated heterocycles. The van der Waals surface area contributed by atoms with Crippen molar-refractivity contribution in [3.63, 3.8) is 0 Å². The molecule has 2 aliphatic rings. The average Bonchev–Trinajstić information content (AvgIpc) is 2.60. The standard InChI is InChI=1S/C11H9BrN2O2/c1-14-4-5-2-3-13-8-6(5)9(14)11(16)10(15)7(8)12/h4,13H,2-3H2,1H3/p+1. The minimum absolute atomic E-state index is 0.408. The Hall–Kier alpha value is -1.20. The molecule has 0 saturated carbocycles. The van der Waals surface area contributed by atoms with Crippen LogP contribution in [0.3, 0.4) is 0 Å². The summed E-state index contributed by atoms with van der Waals surface area (Å²) in [4.78, 5) is 23.7. The third-order valence-corrected chi connectivity index (χ3v) is 3.94. The van der Waals surface area contributed by atoms with Crippen LogP contribution < -0.4 is 5.32 Å². The molecule has 0 amide bonds. The number of nitrogens with zero attached hydrogens (tertiary/aromatic N) is 1. The predicted octanol–water partition coefficient (Wildman–Crippen LogP) is -0.0265. The van der Waals surface area contributed by atoms with Gasteiger partial charge in [-0.25, -0.2) is 0 Å². The fourth-order valence-electron chi connectivity index (χ4n) is 2.46. The van der Waals surface area contributed by atoms with Crippen LogP contribution >= 0.6 is 15.9 Å². The van der Waals surface area contributed by atoms with Crippen molar-refractivity contribution in [3.8, 4) is 0 Å². The molecular formula is C11H10BrN2O2+. The van der Waals surface area contributed by atoms with Crippen LogP contribution in [0.25, 0.3) is 5.70 Å². The highest BCUT2D eigenvalue weighted by Crippen LogP contribution is 2.33. The molecule has 0 spiro atoms. The van der Waals surface area contributed by atoms with Gasteiger partial charge in [0.2, 0.25) is 5.78 Å². The minimum atomic E-state index is -0.437. The summed E-state index contributed by atoms with van der Waals surface area (Å²) in [6, 6.07) is 0. The molecule has 0 aromatic carbocycles. The summed E-state index contributed by atoms with van der Waals surface area (Å²) in [5.74, 6) is -0.844. The lowest BCUT2D eigenvalue weighted by atomic mass is 9.93. The van der Waals surface area contributed by atoms with Gasteiger partial charge in [-0.15, -0.1) is 0 Å². The Morgan fingerprint density at radius 2 is 2.12 bits per heavy atom. The minimum Gasteiger partial charge on any atom is -0.347 e. The Morgan fingerprint density at radius 3 is 2.88 bits per heavy atom. The van der Waals surface area contributed by atoms with E-state index in [-0.39, 0.29) is 0 Å². The van der Waals surface area contributed by atoms with E-state index in [1.807, 2.05) is 18.6 Å². The fraction of sp³-hybridized carbons (Fsp3) is 0.273. The zero-order valence-corrected chi connectivity index (χ0v) is 10.3. The van der Waals surface area contributed by atoms with Crippen molar-refractivity contribution >= 4 is 33.2 Å². The number of aromatic nitrogens is 1. The van der Waals surface area contributed by atoms with Crippen molar-refractivity contribution in [1.82, 2.24) is 4.57 Å². The molecular weight excluding hydrogens is 272 g/mol. The van der Waals surface area contributed by atoms with Gasteiger partial charge in [0.05, 0.1) is 12.1 Å². The molecule has 1 aliphatic heterocycles. The van der Waals surface area contributed by atoms with E-state index in [2.05, 4.69) is 15.9 Å². The first-order valence-corrected chi connectivity index (χ1v) is 5.91. The third kappa shape index (κ3) is 1.07. The SMILES string of the molecule is Cn1cc2c3c1C(=O)C(=O)C(Br)=C3[NH2+]CC2. The van der Waals surface area contributed by atoms with E-state index >= 15 is 0 Å². The summed E-state index contributed by atoms with van der Waals surface area (Å²) in [6.45, 7) is 0.919. The number of Topliss-reactive ketones (excluding diaryl/α,β-unsaturated/α-hetero) is 2. The highest BCUT2D eigenvalue weighted by molar-refractivity contribution is 9.12. The maximum Gasteiger partial charge on any atom is 0.251 e. The Balaban J connectivity index is 2.41. The van der Waals surface area contributed by atoms with Gasteiger partial charge in [0.15, 0.2) is 5.70 Å². The summed E-state index contributed by atoms with van der Waals surface area (Å²) in [5, 5.41) is 2.03. The lowest BCUT2D eigenvalue weighted by Gasteiger charge is -2.19. The number of quaternary nitrogens is 1. The van der Waals surface area contributed by atoms with E-state index in [4.69, 9.17) is 0 Å². The number of hydrogen-bond acceptors (Lipinski definition) is 2. The van der Waals surface area contributed by atoms with E-state index in [1.54, 1.807) is 4.57 Å². The molecule has 0 unspecified atom stereocenters. The second-order valence-electron chi connectivity index (χ2n) is 4.12. The summed E-state index contributed by atoms with van der Waals surface area (Å²) in [7, 11) is 1.82. The number of rotatable bonds is 0. The number of halogens is 1. The highest BCUT2D eigenvalue weighted by Gasteiger charge is 2.39. The van der Waals surface area contributed by atoms with Crippen molar-refractivity contribution < 1.29 is 14.9 Å². The second kappa shape index (κ2) is 3.15. The Labute approximate surface area is 100 Å². The van der Waals surface area contributed by atoms with Crippen molar-refractivity contribution in [2.45, 2.75) is 6.42 Å². The van der Waals surface area contributed by atoms with Gasteiger partial charge in [0.1, 0.15) is 10.2 Å². The van der Waals surface area contributed by atoms with Crippen molar-refractivity contribution in [2.75, 3.05) is 6.54 Å². The largest absolute Gasteiger partial charge is 0.347 e. The molecule has 82 valence electrons. The summed E-state index contributed by atoms with van der Waals surface area (Å²) >= 11 is 3.24. The van der Waals surface area contributed by atoms with Crippen LogP contribution in [-0.4, -0.2) is 22.7 Å². The van der Waals surface area contributed by atoms with Gasteiger partial charge in [-0.2, -0.15) is 0 Å². The molecule has 3 rings (SSSR count). The molecule has 1 aliphatic carbocycles. The summed E-state index contributed by atoms with van der Waals surface area (Å²) in [5.41, 5.74) is 3.54.